The zero-order valence-corrected chi connectivity index (χ0v) is 19.0. The second-order valence-electron chi connectivity index (χ2n) is 8.14. The van der Waals surface area contributed by atoms with Crippen molar-refractivity contribution < 1.29 is 9.59 Å². The molecule has 2 heterocycles. The molecule has 0 saturated heterocycles. The van der Waals surface area contributed by atoms with E-state index in [9.17, 15) is 9.59 Å². The minimum atomic E-state index is -0.120. The highest BCUT2D eigenvalue weighted by Gasteiger charge is 2.40. The van der Waals surface area contributed by atoms with Crippen molar-refractivity contribution in [3.05, 3.63) is 53.2 Å². The molecule has 0 bridgehead atoms. The zero-order chi connectivity index (χ0) is 22.5. The number of fused-ring (bicyclic) bond motifs is 1. The van der Waals surface area contributed by atoms with E-state index in [0.717, 1.165) is 29.2 Å². The van der Waals surface area contributed by atoms with Crippen LogP contribution in [0, 0.1) is 12.8 Å². The van der Waals surface area contributed by atoms with E-state index in [1.165, 1.54) is 0 Å². The molecule has 3 rings (SSSR count). The monoisotopic (exact) mass is 423 g/mol. The molecule has 0 saturated carbocycles. The molecule has 2 amide bonds. The molecule has 0 spiro atoms. The standard InChI is InChI=1S/C24H33N5O2/c1-6-20-16(3)23(28-22-9-7-8-15(2)27-22)19-14-18(24(31)26-13-12-25-5)10-11-21(19)29(20)17(4)30/h7-11,14,16,20,23,25H,6,12-13H2,1-5H3,(H,26,31)(H,27,28)/t16-,20-,23?/m0/s1. The molecule has 2 aromatic rings. The summed E-state index contributed by atoms with van der Waals surface area (Å²) in [5, 5.41) is 9.53. The maximum absolute atomic E-state index is 12.7. The summed E-state index contributed by atoms with van der Waals surface area (Å²) in [6, 6.07) is 11.5. The van der Waals surface area contributed by atoms with Crippen molar-refractivity contribution >= 4 is 23.3 Å². The number of nitrogens with zero attached hydrogens (tertiary/aromatic N) is 2. The normalized spacial score (nSPS) is 20.2. The highest BCUT2D eigenvalue weighted by Crippen LogP contribution is 2.43. The van der Waals surface area contributed by atoms with Crippen molar-refractivity contribution in [2.45, 2.75) is 46.2 Å². The van der Waals surface area contributed by atoms with E-state index in [0.29, 0.717) is 18.7 Å². The van der Waals surface area contributed by atoms with Gasteiger partial charge in [0, 0.05) is 48.9 Å². The second kappa shape index (κ2) is 9.92. The third-order valence-electron chi connectivity index (χ3n) is 5.96. The van der Waals surface area contributed by atoms with Crippen LogP contribution in [0.15, 0.2) is 36.4 Å². The predicted molar refractivity (Wildman–Crippen MR) is 124 cm³/mol. The Kier molecular flexibility index (Phi) is 7.28. The Morgan fingerprint density at radius 1 is 1.16 bits per heavy atom. The largest absolute Gasteiger partial charge is 0.363 e. The minimum absolute atomic E-state index is 0.0123. The molecule has 1 aliphatic rings. The van der Waals surface area contributed by atoms with Crippen LogP contribution >= 0.6 is 0 Å². The fraction of sp³-hybridized carbons (Fsp3) is 0.458. The molecule has 0 radical (unpaired) electrons. The number of rotatable bonds is 7. The quantitative estimate of drug-likeness (QED) is 0.595. The maximum atomic E-state index is 12.7. The first-order chi connectivity index (χ1) is 14.9. The number of carbonyl (C=O) groups excluding carboxylic acids is 2. The maximum Gasteiger partial charge on any atom is 0.251 e. The summed E-state index contributed by atoms with van der Waals surface area (Å²) in [7, 11) is 1.85. The number of pyridine rings is 1. The van der Waals surface area contributed by atoms with E-state index < -0.39 is 0 Å². The summed E-state index contributed by atoms with van der Waals surface area (Å²) in [4.78, 5) is 31.8. The molecular weight excluding hydrogens is 390 g/mol. The molecular formula is C24H33N5O2. The Balaban J connectivity index is 2.04. The SMILES string of the molecule is CC[C@H]1[C@H](C)C(Nc2cccc(C)n2)c2cc(C(=O)NCCNC)ccc2N1C(C)=O. The third-order valence-corrected chi connectivity index (χ3v) is 5.96. The highest BCUT2D eigenvalue weighted by atomic mass is 16.2. The highest BCUT2D eigenvalue weighted by molar-refractivity contribution is 5.98. The summed E-state index contributed by atoms with van der Waals surface area (Å²) in [6.07, 6.45) is 0.839. The topological polar surface area (TPSA) is 86.4 Å². The third kappa shape index (κ3) is 4.88. The summed E-state index contributed by atoms with van der Waals surface area (Å²) in [5.41, 5.74) is 3.32. The van der Waals surface area contributed by atoms with Crippen LogP contribution < -0.4 is 20.9 Å². The van der Waals surface area contributed by atoms with Gasteiger partial charge < -0.3 is 20.9 Å². The van der Waals surface area contributed by atoms with Crippen LogP contribution in [-0.4, -0.2) is 43.0 Å². The Hall–Kier alpha value is -2.93. The number of hydrogen-bond donors (Lipinski definition) is 3. The molecule has 3 atom stereocenters. The fourth-order valence-electron chi connectivity index (χ4n) is 4.44. The van der Waals surface area contributed by atoms with Crippen LogP contribution in [0.4, 0.5) is 11.5 Å². The van der Waals surface area contributed by atoms with Crippen LogP contribution in [-0.2, 0) is 4.79 Å². The molecule has 31 heavy (non-hydrogen) atoms. The van der Waals surface area contributed by atoms with Gasteiger partial charge in [0.1, 0.15) is 5.82 Å². The fourth-order valence-corrected chi connectivity index (χ4v) is 4.44. The first-order valence-corrected chi connectivity index (χ1v) is 10.9. The van der Waals surface area contributed by atoms with Gasteiger partial charge in [-0.3, -0.25) is 9.59 Å². The van der Waals surface area contributed by atoms with Gasteiger partial charge in [-0.05, 0) is 56.3 Å². The number of benzene rings is 1. The van der Waals surface area contributed by atoms with Crippen molar-refractivity contribution in [1.82, 2.24) is 15.6 Å². The number of hydrogen-bond acceptors (Lipinski definition) is 5. The molecule has 7 nitrogen and oxygen atoms in total. The van der Waals surface area contributed by atoms with Gasteiger partial charge in [-0.15, -0.1) is 0 Å². The minimum Gasteiger partial charge on any atom is -0.363 e. The van der Waals surface area contributed by atoms with Crippen molar-refractivity contribution in [2.75, 3.05) is 30.4 Å². The molecule has 1 aromatic heterocycles. The predicted octanol–water partition coefficient (Wildman–Crippen LogP) is 3.27. The zero-order valence-electron chi connectivity index (χ0n) is 19.0. The lowest BCUT2D eigenvalue weighted by molar-refractivity contribution is -0.117. The number of aryl methyl sites for hydroxylation is 1. The van der Waals surface area contributed by atoms with E-state index in [1.54, 1.807) is 13.0 Å². The number of likely N-dealkylation sites (N-methyl/N-ethyl adjacent to an activating group) is 1. The lowest BCUT2D eigenvalue weighted by atomic mass is 9.80. The van der Waals surface area contributed by atoms with E-state index in [1.807, 2.05) is 49.2 Å². The Morgan fingerprint density at radius 2 is 1.94 bits per heavy atom. The molecule has 166 valence electrons. The summed E-state index contributed by atoms with van der Waals surface area (Å²) in [6.45, 7) is 9.08. The summed E-state index contributed by atoms with van der Waals surface area (Å²) in [5.74, 6) is 0.813. The van der Waals surface area contributed by atoms with Crippen LogP contribution in [0.3, 0.4) is 0 Å². The van der Waals surface area contributed by atoms with Crippen LogP contribution in [0.25, 0.3) is 0 Å². The van der Waals surface area contributed by atoms with Gasteiger partial charge in [0.15, 0.2) is 0 Å². The molecule has 0 aliphatic carbocycles. The Bertz CT molecular complexity index is 945. The van der Waals surface area contributed by atoms with Gasteiger partial charge >= 0.3 is 0 Å². The summed E-state index contributed by atoms with van der Waals surface area (Å²) < 4.78 is 0. The van der Waals surface area contributed by atoms with Gasteiger partial charge in [-0.1, -0.05) is 19.9 Å². The molecule has 1 aromatic carbocycles. The molecule has 1 unspecified atom stereocenters. The number of carbonyl (C=O) groups is 2. The molecule has 0 fully saturated rings. The number of anilines is 2. The first-order valence-electron chi connectivity index (χ1n) is 10.9. The van der Waals surface area contributed by atoms with Crippen molar-refractivity contribution in [2.24, 2.45) is 5.92 Å². The lowest BCUT2D eigenvalue weighted by Gasteiger charge is -2.45. The van der Waals surface area contributed by atoms with Crippen molar-refractivity contribution in [3.8, 4) is 0 Å². The van der Waals surface area contributed by atoms with E-state index >= 15 is 0 Å². The van der Waals surface area contributed by atoms with Crippen LogP contribution in [0.2, 0.25) is 0 Å². The van der Waals surface area contributed by atoms with E-state index in [4.69, 9.17) is 0 Å². The molecule has 1 aliphatic heterocycles. The van der Waals surface area contributed by atoms with Gasteiger partial charge in [0.05, 0.1) is 6.04 Å². The average molecular weight is 424 g/mol. The van der Waals surface area contributed by atoms with Gasteiger partial charge in [-0.25, -0.2) is 4.98 Å². The lowest BCUT2D eigenvalue weighted by Crippen LogP contribution is -2.49. The van der Waals surface area contributed by atoms with Gasteiger partial charge in [-0.2, -0.15) is 0 Å². The first kappa shape index (κ1) is 22.7. The van der Waals surface area contributed by atoms with Crippen LogP contribution in [0.1, 0.15) is 54.8 Å². The van der Waals surface area contributed by atoms with E-state index in [-0.39, 0.29) is 29.8 Å². The molecule has 7 heteroatoms. The smallest absolute Gasteiger partial charge is 0.251 e. The number of nitrogens with one attached hydrogen (secondary N) is 3. The van der Waals surface area contributed by atoms with Gasteiger partial charge in [0.2, 0.25) is 5.91 Å². The van der Waals surface area contributed by atoms with Crippen molar-refractivity contribution in [3.63, 3.8) is 0 Å². The Labute approximate surface area is 184 Å². The van der Waals surface area contributed by atoms with E-state index in [2.05, 4.69) is 34.8 Å². The second-order valence-corrected chi connectivity index (χ2v) is 8.14. The average Bonchev–Trinajstić information content (AvgIpc) is 2.74. The van der Waals surface area contributed by atoms with Gasteiger partial charge in [0.25, 0.3) is 5.91 Å². The number of aromatic nitrogens is 1. The summed E-state index contributed by atoms with van der Waals surface area (Å²) >= 11 is 0. The van der Waals surface area contributed by atoms with Crippen LogP contribution in [0.5, 0.6) is 0 Å². The molecule has 3 N–H and O–H groups in total. The Morgan fingerprint density at radius 3 is 2.58 bits per heavy atom. The van der Waals surface area contributed by atoms with Crippen molar-refractivity contribution in [1.29, 1.82) is 0 Å². The number of amides is 2.